The van der Waals surface area contributed by atoms with Crippen molar-refractivity contribution in [1.82, 2.24) is 14.6 Å². The molecular weight excluding hydrogens is 448 g/mol. The Bertz CT molecular complexity index is 1230. The number of halogens is 1. The highest BCUT2D eigenvalue weighted by Crippen LogP contribution is 2.24. The van der Waals surface area contributed by atoms with Gasteiger partial charge < -0.3 is 10.6 Å². The number of hydrogen-bond acceptors (Lipinski definition) is 5. The van der Waals surface area contributed by atoms with E-state index in [0.29, 0.717) is 30.1 Å². The van der Waals surface area contributed by atoms with Crippen molar-refractivity contribution in [2.45, 2.75) is 25.2 Å². The summed E-state index contributed by atoms with van der Waals surface area (Å²) in [5.74, 6) is -0.342. The van der Waals surface area contributed by atoms with Crippen molar-refractivity contribution >= 4 is 44.1 Å². The van der Waals surface area contributed by atoms with Crippen LogP contribution < -0.4 is 10.6 Å². The molecule has 0 saturated heterocycles. The summed E-state index contributed by atoms with van der Waals surface area (Å²) < 4.78 is 26.7. The molecule has 2 aromatic carbocycles. The zero-order valence-electron chi connectivity index (χ0n) is 18.4. The first kappa shape index (κ1) is 24.0. The first-order valence-electron chi connectivity index (χ1n) is 10.3. The van der Waals surface area contributed by atoms with Gasteiger partial charge in [-0.05, 0) is 61.7 Å². The van der Waals surface area contributed by atoms with E-state index in [1.807, 2.05) is 37.3 Å². The lowest BCUT2D eigenvalue weighted by molar-refractivity contribution is -0.121. The van der Waals surface area contributed by atoms with Crippen LogP contribution in [-0.2, 0) is 14.8 Å². The number of fused-ring (bicyclic) bond motifs is 1. The van der Waals surface area contributed by atoms with E-state index in [9.17, 15) is 13.2 Å². The van der Waals surface area contributed by atoms with Crippen LogP contribution in [0.15, 0.2) is 53.6 Å². The molecule has 3 rings (SSSR count). The van der Waals surface area contributed by atoms with Gasteiger partial charge in [0, 0.05) is 42.4 Å². The predicted octanol–water partition coefficient (Wildman–Crippen LogP) is 3.74. The Morgan fingerprint density at radius 3 is 2.66 bits per heavy atom. The maximum Gasteiger partial charge on any atom is 0.243 e. The second-order valence-corrected chi connectivity index (χ2v) is 10.1. The fourth-order valence-electron chi connectivity index (χ4n) is 3.31. The van der Waals surface area contributed by atoms with Crippen molar-refractivity contribution in [3.8, 4) is 0 Å². The number of anilines is 1. The molecule has 0 aliphatic rings. The number of aromatic nitrogens is 1. The molecule has 2 N–H and O–H groups in total. The Morgan fingerprint density at radius 1 is 1.09 bits per heavy atom. The molecule has 1 amide bonds. The second kappa shape index (κ2) is 10.3. The van der Waals surface area contributed by atoms with Crippen molar-refractivity contribution in [2.75, 3.05) is 32.0 Å². The Hall–Kier alpha value is -2.68. The molecule has 0 fully saturated rings. The molecule has 0 atom stereocenters. The molecule has 0 radical (unpaired) electrons. The maximum absolute atomic E-state index is 12.8. The van der Waals surface area contributed by atoms with Gasteiger partial charge in [0.15, 0.2) is 0 Å². The number of nitrogens with one attached hydrogen (secondary N) is 2. The summed E-state index contributed by atoms with van der Waals surface area (Å²) in [4.78, 5) is 16.8. The summed E-state index contributed by atoms with van der Waals surface area (Å²) in [6.45, 7) is 4.41. The van der Waals surface area contributed by atoms with Crippen LogP contribution in [-0.4, -0.2) is 50.3 Å². The van der Waals surface area contributed by atoms with Crippen molar-refractivity contribution in [3.05, 3.63) is 64.8 Å². The number of pyridine rings is 1. The van der Waals surface area contributed by atoms with Crippen LogP contribution in [0, 0.1) is 13.8 Å². The minimum Gasteiger partial charge on any atom is -0.384 e. The second-order valence-electron chi connectivity index (χ2n) is 7.68. The summed E-state index contributed by atoms with van der Waals surface area (Å²) in [6.07, 6.45) is 2.39. The minimum atomic E-state index is -3.74. The lowest BCUT2D eigenvalue weighted by Gasteiger charge is -2.18. The number of sulfonamides is 1. The highest BCUT2D eigenvalue weighted by molar-refractivity contribution is 7.89. The molecule has 0 aliphatic heterocycles. The number of carbonyl (C=O) groups excluding carboxylic acids is 1. The highest BCUT2D eigenvalue weighted by Gasteiger charge is 2.24. The smallest absolute Gasteiger partial charge is 0.243 e. The third-order valence-corrected chi connectivity index (χ3v) is 7.27. The molecule has 0 aliphatic carbocycles. The summed E-state index contributed by atoms with van der Waals surface area (Å²) in [5, 5.41) is 7.72. The summed E-state index contributed by atoms with van der Waals surface area (Å²) in [6, 6.07) is 12.7. The van der Waals surface area contributed by atoms with E-state index in [2.05, 4.69) is 15.6 Å². The van der Waals surface area contributed by atoms with E-state index in [-0.39, 0.29) is 17.3 Å². The zero-order valence-corrected chi connectivity index (χ0v) is 19.9. The maximum atomic E-state index is 12.8. The molecule has 3 aromatic rings. The summed E-state index contributed by atoms with van der Waals surface area (Å²) >= 11 is 6.02. The molecule has 1 aromatic heterocycles. The number of hydrogen-bond donors (Lipinski definition) is 2. The predicted molar refractivity (Wildman–Crippen MR) is 129 cm³/mol. The van der Waals surface area contributed by atoms with Crippen LogP contribution in [0.2, 0.25) is 5.02 Å². The largest absolute Gasteiger partial charge is 0.384 e. The number of aryl methyl sites for hydroxylation is 2. The van der Waals surface area contributed by atoms with Crippen LogP contribution in [0.5, 0.6) is 0 Å². The molecule has 0 spiro atoms. The van der Waals surface area contributed by atoms with Gasteiger partial charge in [0.1, 0.15) is 0 Å². The fourth-order valence-corrected chi connectivity index (χ4v) is 4.91. The van der Waals surface area contributed by atoms with Crippen molar-refractivity contribution in [1.29, 1.82) is 0 Å². The normalized spacial score (nSPS) is 11.7. The average Bonchev–Trinajstić information content (AvgIpc) is 2.74. The quantitative estimate of drug-likeness (QED) is 0.461. The Balaban J connectivity index is 1.48. The number of benzene rings is 2. The van der Waals surface area contributed by atoms with Gasteiger partial charge in [-0.3, -0.25) is 9.78 Å². The number of amides is 1. The van der Waals surface area contributed by atoms with Crippen LogP contribution in [0.3, 0.4) is 0 Å². The van der Waals surface area contributed by atoms with E-state index in [4.69, 9.17) is 11.6 Å². The van der Waals surface area contributed by atoms with E-state index in [1.165, 1.54) is 7.05 Å². The molecule has 170 valence electrons. The monoisotopic (exact) mass is 474 g/mol. The number of carbonyl (C=O) groups is 1. The van der Waals surface area contributed by atoms with Crippen molar-refractivity contribution in [3.63, 3.8) is 0 Å². The number of nitrogens with zero attached hydrogens (tertiary/aromatic N) is 2. The van der Waals surface area contributed by atoms with E-state index < -0.39 is 10.0 Å². The van der Waals surface area contributed by atoms with E-state index in [1.54, 1.807) is 25.3 Å². The molecule has 0 unspecified atom stereocenters. The topological polar surface area (TPSA) is 91.4 Å². The van der Waals surface area contributed by atoms with Gasteiger partial charge in [-0.25, -0.2) is 8.42 Å². The molecule has 0 saturated carbocycles. The molecule has 1 heterocycles. The first-order chi connectivity index (χ1) is 15.2. The lowest BCUT2D eigenvalue weighted by atomic mass is 10.2. The van der Waals surface area contributed by atoms with Gasteiger partial charge in [-0.2, -0.15) is 4.31 Å². The lowest BCUT2D eigenvalue weighted by Crippen LogP contribution is -2.39. The third kappa shape index (κ3) is 5.76. The van der Waals surface area contributed by atoms with Crippen LogP contribution in [0.25, 0.3) is 10.9 Å². The van der Waals surface area contributed by atoms with Gasteiger partial charge in [0.05, 0.1) is 17.0 Å². The number of likely N-dealkylation sites (N-methyl/N-ethyl adjacent to an activating group) is 1. The summed E-state index contributed by atoms with van der Waals surface area (Å²) in [7, 11) is -2.32. The fraction of sp³-hybridized carbons (Fsp3) is 0.304. The van der Waals surface area contributed by atoms with Crippen LogP contribution in [0.1, 0.15) is 17.5 Å². The van der Waals surface area contributed by atoms with Gasteiger partial charge in [-0.1, -0.05) is 23.7 Å². The Morgan fingerprint density at radius 2 is 1.88 bits per heavy atom. The van der Waals surface area contributed by atoms with Gasteiger partial charge in [-0.15, -0.1) is 0 Å². The third-order valence-electron chi connectivity index (χ3n) is 5.09. The Kier molecular flexibility index (Phi) is 7.71. The number of rotatable bonds is 9. The molecule has 32 heavy (non-hydrogen) atoms. The molecular formula is C23H27ClN4O3S. The standard InChI is InChI=1S/C23H27ClN4O3S/c1-16-5-6-17(2)22(13-16)32(30,31)28(3)15-23(29)27-11-4-10-25-20-9-12-26-21-14-18(24)7-8-19(20)21/h5-9,12-14H,4,10-11,15H2,1-3H3,(H,25,26)(H,27,29). The van der Waals surface area contributed by atoms with Gasteiger partial charge in [0.2, 0.25) is 15.9 Å². The first-order valence-corrected chi connectivity index (χ1v) is 12.1. The van der Waals surface area contributed by atoms with E-state index >= 15 is 0 Å². The Labute approximate surface area is 193 Å². The molecule has 7 nitrogen and oxygen atoms in total. The minimum absolute atomic E-state index is 0.225. The molecule has 9 heteroatoms. The summed E-state index contributed by atoms with van der Waals surface area (Å²) in [5.41, 5.74) is 3.26. The van der Waals surface area contributed by atoms with Crippen molar-refractivity contribution in [2.24, 2.45) is 0 Å². The van der Waals surface area contributed by atoms with Crippen LogP contribution in [0.4, 0.5) is 5.69 Å². The van der Waals surface area contributed by atoms with Crippen LogP contribution >= 0.6 is 11.6 Å². The SMILES string of the molecule is Cc1ccc(C)c(S(=O)(=O)N(C)CC(=O)NCCCNc2ccnc3cc(Cl)ccc23)c1. The van der Waals surface area contributed by atoms with Gasteiger partial charge >= 0.3 is 0 Å². The van der Waals surface area contributed by atoms with Crippen molar-refractivity contribution < 1.29 is 13.2 Å². The zero-order chi connectivity index (χ0) is 23.3. The highest BCUT2D eigenvalue weighted by atomic mass is 35.5. The van der Waals surface area contributed by atoms with E-state index in [0.717, 1.165) is 26.5 Å². The molecule has 0 bridgehead atoms. The average molecular weight is 475 g/mol. The van der Waals surface area contributed by atoms with Gasteiger partial charge in [0.25, 0.3) is 0 Å².